The van der Waals surface area contributed by atoms with E-state index in [1.54, 1.807) is 6.92 Å². The average Bonchev–Trinajstić information content (AvgIpc) is 3.35. The van der Waals surface area contributed by atoms with Crippen LogP contribution in [0, 0.1) is 5.92 Å². The molecule has 23 heavy (non-hydrogen) atoms. The fourth-order valence-electron chi connectivity index (χ4n) is 3.28. The van der Waals surface area contributed by atoms with E-state index in [9.17, 15) is 14.4 Å². The molecule has 2 heterocycles. The Hall–Kier alpha value is -1.67. The van der Waals surface area contributed by atoms with Gasteiger partial charge in [-0.3, -0.25) is 19.4 Å². The molecule has 2 saturated heterocycles. The Labute approximate surface area is 135 Å². The van der Waals surface area contributed by atoms with Crippen LogP contribution in [0.4, 0.5) is 4.79 Å². The van der Waals surface area contributed by atoms with Gasteiger partial charge in [0.1, 0.15) is 12.1 Å². The SMILES string of the molecule is CC1(C2CC2)NC(=O)N(CC(=O)NCCN2CCNCC2)C1=O. The van der Waals surface area contributed by atoms with E-state index < -0.39 is 11.6 Å². The maximum absolute atomic E-state index is 12.4. The minimum Gasteiger partial charge on any atom is -0.353 e. The Bertz CT molecular complexity index is 501. The second-order valence-electron chi connectivity index (χ2n) is 6.74. The quantitative estimate of drug-likeness (QED) is 0.530. The summed E-state index contributed by atoms with van der Waals surface area (Å²) in [6, 6.07) is -0.457. The summed E-state index contributed by atoms with van der Waals surface area (Å²) in [6.45, 7) is 6.76. The first kappa shape index (κ1) is 16.2. The van der Waals surface area contributed by atoms with Crippen LogP contribution in [0.3, 0.4) is 0 Å². The summed E-state index contributed by atoms with van der Waals surface area (Å²) in [5, 5.41) is 8.82. The minimum atomic E-state index is -0.821. The van der Waals surface area contributed by atoms with E-state index in [2.05, 4.69) is 20.9 Å². The lowest BCUT2D eigenvalue weighted by Gasteiger charge is -2.27. The van der Waals surface area contributed by atoms with Gasteiger partial charge in [-0.25, -0.2) is 4.79 Å². The van der Waals surface area contributed by atoms with E-state index in [0.717, 1.165) is 50.5 Å². The lowest BCUT2D eigenvalue weighted by Crippen LogP contribution is -2.48. The molecule has 0 radical (unpaired) electrons. The van der Waals surface area contributed by atoms with E-state index in [-0.39, 0.29) is 24.3 Å². The second-order valence-corrected chi connectivity index (χ2v) is 6.74. The Morgan fingerprint density at radius 2 is 2.00 bits per heavy atom. The van der Waals surface area contributed by atoms with E-state index in [4.69, 9.17) is 0 Å². The fraction of sp³-hybridized carbons (Fsp3) is 0.800. The summed E-state index contributed by atoms with van der Waals surface area (Å²) in [7, 11) is 0. The van der Waals surface area contributed by atoms with Crippen LogP contribution in [0.25, 0.3) is 0 Å². The molecule has 4 amide bonds. The van der Waals surface area contributed by atoms with Gasteiger partial charge in [0.2, 0.25) is 5.91 Å². The molecule has 0 spiro atoms. The number of hydrogen-bond acceptors (Lipinski definition) is 5. The highest BCUT2D eigenvalue weighted by molar-refractivity contribution is 6.09. The van der Waals surface area contributed by atoms with Gasteiger partial charge >= 0.3 is 6.03 Å². The number of carbonyl (C=O) groups is 3. The van der Waals surface area contributed by atoms with Gasteiger partial charge < -0.3 is 16.0 Å². The van der Waals surface area contributed by atoms with Crippen molar-refractivity contribution in [2.45, 2.75) is 25.3 Å². The first-order valence-corrected chi connectivity index (χ1v) is 8.34. The van der Waals surface area contributed by atoms with E-state index in [1.165, 1.54) is 0 Å². The predicted molar refractivity (Wildman–Crippen MR) is 83.7 cm³/mol. The van der Waals surface area contributed by atoms with Gasteiger partial charge in [-0.1, -0.05) is 0 Å². The van der Waals surface area contributed by atoms with Crippen molar-refractivity contribution in [3.05, 3.63) is 0 Å². The summed E-state index contributed by atoms with van der Waals surface area (Å²) < 4.78 is 0. The molecular weight excluding hydrogens is 298 g/mol. The molecule has 8 heteroatoms. The van der Waals surface area contributed by atoms with E-state index in [0.29, 0.717) is 6.54 Å². The number of carbonyl (C=O) groups excluding carboxylic acids is 3. The minimum absolute atomic E-state index is 0.200. The smallest absolute Gasteiger partial charge is 0.325 e. The van der Waals surface area contributed by atoms with Crippen molar-refractivity contribution in [3.63, 3.8) is 0 Å². The molecule has 1 atom stereocenters. The van der Waals surface area contributed by atoms with Gasteiger partial charge in [-0.15, -0.1) is 0 Å². The third kappa shape index (κ3) is 3.48. The summed E-state index contributed by atoms with van der Waals surface area (Å²) in [6.07, 6.45) is 1.90. The molecule has 1 aliphatic carbocycles. The van der Waals surface area contributed by atoms with Gasteiger partial charge in [0.15, 0.2) is 0 Å². The molecule has 0 bridgehead atoms. The standard InChI is InChI=1S/C15H25N5O3/c1-15(11-2-3-11)13(22)20(14(23)18-15)10-12(21)17-6-9-19-7-4-16-5-8-19/h11,16H,2-10H2,1H3,(H,17,21)(H,18,23). The summed E-state index contributed by atoms with van der Waals surface area (Å²) in [5.74, 6) is -0.356. The summed E-state index contributed by atoms with van der Waals surface area (Å²) in [5.41, 5.74) is -0.821. The first-order valence-electron chi connectivity index (χ1n) is 8.34. The van der Waals surface area contributed by atoms with E-state index in [1.807, 2.05) is 0 Å². The van der Waals surface area contributed by atoms with Crippen LogP contribution in [0.5, 0.6) is 0 Å². The van der Waals surface area contributed by atoms with Crippen molar-refractivity contribution in [2.75, 3.05) is 45.8 Å². The largest absolute Gasteiger partial charge is 0.353 e. The van der Waals surface area contributed by atoms with Crippen molar-refractivity contribution in [2.24, 2.45) is 5.92 Å². The highest BCUT2D eigenvalue weighted by atomic mass is 16.2. The van der Waals surface area contributed by atoms with Crippen LogP contribution < -0.4 is 16.0 Å². The van der Waals surface area contributed by atoms with Crippen LogP contribution in [0.1, 0.15) is 19.8 Å². The molecule has 0 aromatic rings. The third-order valence-corrected chi connectivity index (χ3v) is 4.96. The van der Waals surface area contributed by atoms with Crippen molar-refractivity contribution in [1.82, 2.24) is 25.8 Å². The number of imide groups is 1. The summed E-state index contributed by atoms with van der Waals surface area (Å²) in [4.78, 5) is 39.7. The molecule has 3 fully saturated rings. The number of rotatable bonds is 6. The maximum Gasteiger partial charge on any atom is 0.325 e. The Balaban J connectivity index is 1.44. The highest BCUT2D eigenvalue weighted by Gasteiger charge is 2.56. The van der Waals surface area contributed by atoms with Crippen LogP contribution in [-0.2, 0) is 9.59 Å². The topological polar surface area (TPSA) is 93.8 Å². The zero-order valence-corrected chi connectivity index (χ0v) is 13.6. The van der Waals surface area contributed by atoms with E-state index >= 15 is 0 Å². The van der Waals surface area contributed by atoms with Gasteiger partial charge in [0.25, 0.3) is 5.91 Å². The molecule has 3 aliphatic rings. The van der Waals surface area contributed by atoms with Crippen molar-refractivity contribution in [3.8, 4) is 0 Å². The Kier molecular flexibility index (Phi) is 4.54. The molecule has 8 nitrogen and oxygen atoms in total. The Morgan fingerprint density at radius 1 is 1.30 bits per heavy atom. The predicted octanol–water partition coefficient (Wildman–Crippen LogP) is -1.27. The summed E-state index contributed by atoms with van der Waals surface area (Å²) >= 11 is 0. The number of nitrogens with one attached hydrogen (secondary N) is 3. The molecule has 128 valence electrons. The zero-order chi connectivity index (χ0) is 16.4. The first-order chi connectivity index (χ1) is 11.0. The number of urea groups is 1. The average molecular weight is 323 g/mol. The molecule has 0 aromatic carbocycles. The molecule has 0 aromatic heterocycles. The van der Waals surface area contributed by atoms with Crippen LogP contribution in [-0.4, -0.2) is 79.0 Å². The normalized spacial score (nSPS) is 28.8. The highest BCUT2D eigenvalue weighted by Crippen LogP contribution is 2.42. The molecule has 1 unspecified atom stereocenters. The van der Waals surface area contributed by atoms with Crippen LogP contribution >= 0.6 is 0 Å². The lowest BCUT2D eigenvalue weighted by molar-refractivity contribution is -0.135. The van der Waals surface area contributed by atoms with Crippen molar-refractivity contribution >= 4 is 17.8 Å². The lowest BCUT2D eigenvalue weighted by atomic mass is 9.96. The number of hydrogen-bond donors (Lipinski definition) is 3. The number of piperazine rings is 1. The van der Waals surface area contributed by atoms with Crippen molar-refractivity contribution in [1.29, 1.82) is 0 Å². The van der Waals surface area contributed by atoms with Crippen molar-refractivity contribution < 1.29 is 14.4 Å². The third-order valence-electron chi connectivity index (χ3n) is 4.96. The van der Waals surface area contributed by atoms with Gasteiger partial charge in [-0.2, -0.15) is 0 Å². The number of amides is 4. The maximum atomic E-state index is 12.4. The Morgan fingerprint density at radius 3 is 2.65 bits per heavy atom. The van der Waals surface area contributed by atoms with Gasteiger partial charge in [0.05, 0.1) is 0 Å². The zero-order valence-electron chi connectivity index (χ0n) is 13.6. The molecule has 3 rings (SSSR count). The van der Waals surface area contributed by atoms with Crippen LogP contribution in [0.2, 0.25) is 0 Å². The second kappa shape index (κ2) is 6.45. The monoisotopic (exact) mass is 323 g/mol. The van der Waals surface area contributed by atoms with Crippen LogP contribution in [0.15, 0.2) is 0 Å². The molecular formula is C15H25N5O3. The molecule has 2 aliphatic heterocycles. The fourth-order valence-corrected chi connectivity index (χ4v) is 3.28. The number of nitrogens with zero attached hydrogens (tertiary/aromatic N) is 2. The van der Waals surface area contributed by atoms with Gasteiger partial charge in [0, 0.05) is 39.3 Å². The molecule has 1 saturated carbocycles. The van der Waals surface area contributed by atoms with Gasteiger partial charge in [-0.05, 0) is 25.7 Å². The molecule has 3 N–H and O–H groups in total.